The van der Waals surface area contributed by atoms with Crippen LogP contribution in [0.15, 0.2) is 12.1 Å². The fraction of sp³-hybridized carbons (Fsp3) is 0.684. The molecule has 124 valence electrons. The number of aryl methyl sites for hydroxylation is 2. The highest BCUT2D eigenvalue weighted by Gasteiger charge is 2.34. The minimum Gasteiger partial charge on any atom is -0.487 e. The standard InChI is InChI=1S/C19H32N2O/c1-7-21(8-2)10-9-20-17-13-19(5,6)22-18-15(4)11-14(3)12-16(17)18/h11-12,17,20H,7-10,13H2,1-6H3. The Labute approximate surface area is 136 Å². The molecule has 0 amide bonds. The highest BCUT2D eigenvalue weighted by Crippen LogP contribution is 2.41. The lowest BCUT2D eigenvalue weighted by Gasteiger charge is -2.39. The van der Waals surface area contributed by atoms with Crippen LogP contribution >= 0.6 is 0 Å². The summed E-state index contributed by atoms with van der Waals surface area (Å²) < 4.78 is 6.25. The van der Waals surface area contributed by atoms with Gasteiger partial charge in [0.2, 0.25) is 0 Å². The van der Waals surface area contributed by atoms with Gasteiger partial charge in [-0.15, -0.1) is 0 Å². The topological polar surface area (TPSA) is 24.5 Å². The largest absolute Gasteiger partial charge is 0.487 e. The van der Waals surface area contributed by atoms with Crippen LogP contribution < -0.4 is 10.1 Å². The molecule has 1 aliphatic heterocycles. The van der Waals surface area contributed by atoms with E-state index >= 15 is 0 Å². The number of hydrogen-bond donors (Lipinski definition) is 1. The zero-order chi connectivity index (χ0) is 16.3. The van der Waals surface area contributed by atoms with Crippen molar-refractivity contribution in [2.24, 2.45) is 0 Å². The number of likely N-dealkylation sites (N-methyl/N-ethyl adjacent to an activating group) is 1. The molecule has 0 aliphatic carbocycles. The molecule has 1 heterocycles. The SMILES string of the molecule is CCN(CC)CCNC1CC(C)(C)Oc2c(C)cc(C)cc21. The molecule has 2 rings (SSSR count). The maximum absolute atomic E-state index is 6.25. The van der Waals surface area contributed by atoms with E-state index in [0.29, 0.717) is 6.04 Å². The summed E-state index contributed by atoms with van der Waals surface area (Å²) in [6.07, 6.45) is 1.02. The van der Waals surface area contributed by atoms with Crippen LogP contribution in [0.1, 0.15) is 56.8 Å². The molecule has 0 saturated heterocycles. The normalized spacial score (nSPS) is 19.9. The number of benzene rings is 1. The van der Waals surface area contributed by atoms with E-state index in [0.717, 1.165) is 38.3 Å². The summed E-state index contributed by atoms with van der Waals surface area (Å²) in [4.78, 5) is 2.46. The Morgan fingerprint density at radius 2 is 1.91 bits per heavy atom. The number of fused-ring (bicyclic) bond motifs is 1. The van der Waals surface area contributed by atoms with Crippen molar-refractivity contribution in [3.8, 4) is 5.75 Å². The van der Waals surface area contributed by atoms with Crippen LogP contribution in [0, 0.1) is 13.8 Å². The molecule has 1 unspecified atom stereocenters. The van der Waals surface area contributed by atoms with E-state index in [9.17, 15) is 0 Å². The first kappa shape index (κ1) is 17.3. The molecular weight excluding hydrogens is 272 g/mol. The van der Waals surface area contributed by atoms with Gasteiger partial charge in [-0.2, -0.15) is 0 Å². The molecule has 1 aliphatic rings. The Morgan fingerprint density at radius 3 is 2.55 bits per heavy atom. The molecule has 0 spiro atoms. The third-order valence-electron chi connectivity index (χ3n) is 4.61. The first-order valence-corrected chi connectivity index (χ1v) is 8.62. The summed E-state index contributed by atoms with van der Waals surface area (Å²) in [5, 5.41) is 3.77. The molecule has 1 atom stereocenters. The Bertz CT molecular complexity index is 506. The summed E-state index contributed by atoms with van der Waals surface area (Å²) in [5.41, 5.74) is 3.78. The van der Waals surface area contributed by atoms with Crippen molar-refractivity contribution in [3.63, 3.8) is 0 Å². The first-order valence-electron chi connectivity index (χ1n) is 8.62. The summed E-state index contributed by atoms with van der Waals surface area (Å²) >= 11 is 0. The van der Waals surface area contributed by atoms with E-state index in [1.165, 1.54) is 16.7 Å². The molecule has 3 nitrogen and oxygen atoms in total. The summed E-state index contributed by atoms with van der Waals surface area (Å²) in [6.45, 7) is 17.5. The highest BCUT2D eigenvalue weighted by molar-refractivity contribution is 5.47. The van der Waals surface area contributed by atoms with Crippen molar-refractivity contribution in [1.82, 2.24) is 10.2 Å². The van der Waals surface area contributed by atoms with Crippen LogP contribution in [0.2, 0.25) is 0 Å². The number of nitrogens with one attached hydrogen (secondary N) is 1. The maximum Gasteiger partial charge on any atom is 0.127 e. The van der Waals surface area contributed by atoms with Crippen molar-refractivity contribution in [3.05, 3.63) is 28.8 Å². The summed E-state index contributed by atoms with van der Waals surface area (Å²) in [6, 6.07) is 4.88. The quantitative estimate of drug-likeness (QED) is 0.864. The minimum atomic E-state index is -0.111. The van der Waals surface area contributed by atoms with Gasteiger partial charge in [0, 0.05) is 31.1 Å². The molecule has 0 bridgehead atoms. The Balaban J connectivity index is 2.15. The van der Waals surface area contributed by atoms with Crippen molar-refractivity contribution in [1.29, 1.82) is 0 Å². The van der Waals surface area contributed by atoms with Crippen LogP contribution in [-0.2, 0) is 0 Å². The molecule has 1 aromatic carbocycles. The lowest BCUT2D eigenvalue weighted by atomic mass is 9.87. The van der Waals surface area contributed by atoms with Crippen molar-refractivity contribution >= 4 is 0 Å². The lowest BCUT2D eigenvalue weighted by molar-refractivity contribution is 0.0646. The summed E-state index contributed by atoms with van der Waals surface area (Å²) in [7, 11) is 0. The van der Waals surface area contributed by atoms with Gasteiger partial charge in [-0.05, 0) is 46.3 Å². The molecule has 0 aromatic heterocycles. The molecule has 3 heteroatoms. The second kappa shape index (κ2) is 7.01. The highest BCUT2D eigenvalue weighted by atomic mass is 16.5. The van der Waals surface area contributed by atoms with Gasteiger partial charge in [-0.25, -0.2) is 0 Å². The molecule has 0 fully saturated rings. The van der Waals surface area contributed by atoms with E-state index in [4.69, 9.17) is 4.74 Å². The third kappa shape index (κ3) is 4.02. The van der Waals surface area contributed by atoms with Crippen LogP contribution in [-0.4, -0.2) is 36.7 Å². The van der Waals surface area contributed by atoms with Gasteiger partial charge >= 0.3 is 0 Å². The first-order chi connectivity index (χ1) is 10.4. The second-order valence-corrected chi connectivity index (χ2v) is 7.10. The maximum atomic E-state index is 6.25. The fourth-order valence-corrected chi connectivity index (χ4v) is 3.42. The number of nitrogens with zero attached hydrogens (tertiary/aromatic N) is 1. The van der Waals surface area contributed by atoms with Gasteiger partial charge < -0.3 is 15.0 Å². The number of rotatable bonds is 6. The molecule has 0 radical (unpaired) electrons. The van der Waals surface area contributed by atoms with Gasteiger partial charge in [0.05, 0.1) is 0 Å². The van der Waals surface area contributed by atoms with Gasteiger partial charge in [0.25, 0.3) is 0 Å². The van der Waals surface area contributed by atoms with Crippen LogP contribution in [0.25, 0.3) is 0 Å². The Kier molecular flexibility index (Phi) is 5.51. The fourth-order valence-electron chi connectivity index (χ4n) is 3.42. The molecule has 0 saturated carbocycles. The van der Waals surface area contributed by atoms with Gasteiger partial charge in [0.15, 0.2) is 0 Å². The number of ether oxygens (including phenoxy) is 1. The number of hydrogen-bond acceptors (Lipinski definition) is 3. The van der Waals surface area contributed by atoms with E-state index < -0.39 is 0 Å². The van der Waals surface area contributed by atoms with Gasteiger partial charge in [0.1, 0.15) is 11.4 Å². The average molecular weight is 304 g/mol. The smallest absolute Gasteiger partial charge is 0.127 e. The zero-order valence-corrected chi connectivity index (χ0v) is 15.1. The van der Waals surface area contributed by atoms with E-state index in [1.54, 1.807) is 0 Å². The van der Waals surface area contributed by atoms with E-state index in [-0.39, 0.29) is 5.60 Å². The Hall–Kier alpha value is -1.06. The lowest BCUT2D eigenvalue weighted by Crippen LogP contribution is -2.42. The molecule has 1 N–H and O–H groups in total. The van der Waals surface area contributed by atoms with E-state index in [1.807, 2.05) is 0 Å². The molecular formula is C19H32N2O. The van der Waals surface area contributed by atoms with Gasteiger partial charge in [-0.1, -0.05) is 31.5 Å². The molecule has 1 aromatic rings. The zero-order valence-electron chi connectivity index (χ0n) is 15.1. The minimum absolute atomic E-state index is 0.111. The van der Waals surface area contributed by atoms with Crippen LogP contribution in [0.3, 0.4) is 0 Å². The van der Waals surface area contributed by atoms with Crippen molar-refractivity contribution in [2.75, 3.05) is 26.2 Å². The predicted octanol–water partition coefficient (Wildman–Crippen LogP) is 3.84. The van der Waals surface area contributed by atoms with Gasteiger partial charge in [-0.3, -0.25) is 0 Å². The molecule has 22 heavy (non-hydrogen) atoms. The summed E-state index contributed by atoms with van der Waals surface area (Å²) in [5.74, 6) is 1.09. The van der Waals surface area contributed by atoms with Crippen LogP contribution in [0.4, 0.5) is 0 Å². The predicted molar refractivity (Wildman–Crippen MR) is 93.8 cm³/mol. The van der Waals surface area contributed by atoms with E-state index in [2.05, 4.69) is 63.9 Å². The van der Waals surface area contributed by atoms with Crippen molar-refractivity contribution in [2.45, 2.75) is 59.6 Å². The monoisotopic (exact) mass is 304 g/mol. The van der Waals surface area contributed by atoms with Crippen molar-refractivity contribution < 1.29 is 4.74 Å². The van der Waals surface area contributed by atoms with Crippen LogP contribution in [0.5, 0.6) is 5.75 Å². The third-order valence-corrected chi connectivity index (χ3v) is 4.61. The second-order valence-electron chi connectivity index (χ2n) is 7.10. The Morgan fingerprint density at radius 1 is 1.23 bits per heavy atom. The average Bonchev–Trinajstić information content (AvgIpc) is 2.44.